The third-order valence-corrected chi connectivity index (χ3v) is 12.0. The average Bonchev–Trinajstić information content (AvgIpc) is 3.19. The molecule has 11 heteroatoms. The molecule has 0 atom stereocenters. The molecule has 6 aromatic carbocycles. The van der Waals surface area contributed by atoms with Crippen molar-refractivity contribution in [2.75, 3.05) is 0 Å². The van der Waals surface area contributed by atoms with Gasteiger partial charge in [0.15, 0.2) is 14.7 Å². The highest BCUT2D eigenvalue weighted by Crippen LogP contribution is 2.34. The summed E-state index contributed by atoms with van der Waals surface area (Å²) in [5, 5.41) is 0. The van der Waals surface area contributed by atoms with Crippen molar-refractivity contribution in [3.63, 3.8) is 0 Å². The molecule has 0 aliphatic rings. The Labute approximate surface area is 324 Å². The smallest absolute Gasteiger partial charge is 0.199 e. The maximum atomic E-state index is 13.7. The van der Waals surface area contributed by atoms with Gasteiger partial charge in [-0.15, -0.1) is 0 Å². The quantitative estimate of drug-likeness (QED) is 0.0530. The van der Waals surface area contributed by atoms with Crippen LogP contribution in [-0.2, 0) is 29.4 Å². The molecule has 0 spiro atoms. The van der Waals surface area contributed by atoms with Crippen molar-refractivity contribution in [1.29, 1.82) is 0 Å². The molecule has 0 amide bonds. The van der Waals surface area contributed by atoms with Crippen molar-refractivity contribution in [1.82, 2.24) is 0 Å². The molecule has 56 heavy (non-hydrogen) atoms. The Kier molecular flexibility index (Phi) is 13.9. The van der Waals surface area contributed by atoms with Crippen LogP contribution in [0, 0.1) is 0 Å². The Balaban J connectivity index is 0.000000262. The zero-order valence-corrected chi connectivity index (χ0v) is 31.3. The summed E-state index contributed by atoms with van der Waals surface area (Å²) in [5.74, 6) is 0. The van der Waals surface area contributed by atoms with Gasteiger partial charge < -0.3 is 0 Å². The highest BCUT2D eigenvalue weighted by molar-refractivity contribution is 7.97. The highest BCUT2D eigenvalue weighted by atomic mass is 32.2. The first kappa shape index (κ1) is 42.3. The van der Waals surface area contributed by atoms with E-state index in [9.17, 15) is 39.5 Å². The lowest BCUT2D eigenvalue weighted by molar-refractivity contribution is -0.138. The minimum atomic E-state index is -4.75. The minimum Gasteiger partial charge on any atom is -0.199 e. The first-order valence-electron chi connectivity index (χ1n) is 18.2. The fraction of sp³-hybridized carbons (Fsp3) is 0.200. The van der Waals surface area contributed by atoms with E-state index in [-0.39, 0.29) is 33.6 Å². The van der Waals surface area contributed by atoms with Crippen molar-refractivity contribution in [2.24, 2.45) is 0 Å². The number of hydrogen-bond acceptors (Lipinski definition) is 0. The largest absolute Gasteiger partial charge is 0.416 e. The first-order chi connectivity index (χ1) is 26.6. The summed E-state index contributed by atoms with van der Waals surface area (Å²) in [6.07, 6.45) is -14.2. The molecule has 0 aliphatic heterocycles. The number of hydrogen-bond donors (Lipinski definition) is 0. The predicted molar refractivity (Wildman–Crippen MR) is 209 cm³/mol. The van der Waals surface area contributed by atoms with Gasteiger partial charge in [-0.25, -0.2) is 0 Å². The molecule has 292 valence electrons. The molecule has 0 fully saturated rings. The van der Waals surface area contributed by atoms with E-state index in [2.05, 4.69) is 91.0 Å². The zero-order chi connectivity index (χ0) is 40.4. The second-order valence-corrected chi connectivity index (χ2v) is 15.5. The summed E-state index contributed by atoms with van der Waals surface area (Å²) < 4.78 is 123. The SMILES string of the molecule is CCCCCC[B-](c1cccc(C(F)(F)F)c1)(c1cccc(C(F)(F)F)c1)c1cccc(C(F)(F)F)c1.c1ccc([S+](c2ccccc2)c2ccccc2)cc1. The Morgan fingerprint density at radius 3 is 1.00 bits per heavy atom. The van der Waals surface area contributed by atoms with Gasteiger partial charge in [0.1, 0.15) is 0 Å². The lowest BCUT2D eigenvalue weighted by Gasteiger charge is -2.44. The third-order valence-electron chi connectivity index (χ3n) is 9.78. The summed E-state index contributed by atoms with van der Waals surface area (Å²) in [5.41, 5.74) is -2.98. The molecule has 6 rings (SSSR count). The van der Waals surface area contributed by atoms with E-state index < -0.39 is 41.4 Å². The van der Waals surface area contributed by atoms with Crippen LogP contribution in [0.5, 0.6) is 0 Å². The predicted octanol–water partition coefficient (Wildman–Crippen LogP) is 12.6. The summed E-state index contributed by atoms with van der Waals surface area (Å²) in [6, 6.07) is 44.7. The monoisotopic (exact) mass is 794 g/mol. The van der Waals surface area contributed by atoms with Crippen molar-refractivity contribution >= 4 is 33.4 Å². The van der Waals surface area contributed by atoms with Gasteiger partial charge in [0.2, 0.25) is 0 Å². The van der Waals surface area contributed by atoms with Crippen LogP contribution < -0.4 is 16.4 Å². The molecule has 0 bridgehead atoms. The van der Waals surface area contributed by atoms with E-state index >= 15 is 0 Å². The number of alkyl halides is 9. The van der Waals surface area contributed by atoms with Crippen LogP contribution in [0.3, 0.4) is 0 Å². The van der Waals surface area contributed by atoms with Gasteiger partial charge >= 0.3 is 18.5 Å². The molecule has 0 N–H and O–H groups in total. The molecule has 0 saturated carbocycles. The fourth-order valence-corrected chi connectivity index (χ4v) is 9.20. The Hall–Kier alpha value is -4.90. The Bertz CT molecular complexity index is 1880. The summed E-state index contributed by atoms with van der Waals surface area (Å²) in [4.78, 5) is 4.08. The van der Waals surface area contributed by atoms with Crippen LogP contribution in [0.25, 0.3) is 0 Å². The van der Waals surface area contributed by atoms with E-state index in [4.69, 9.17) is 0 Å². The average molecular weight is 795 g/mol. The number of halogens is 9. The molecule has 0 heterocycles. The van der Waals surface area contributed by atoms with E-state index in [1.807, 2.05) is 6.92 Å². The van der Waals surface area contributed by atoms with Crippen LogP contribution in [0.1, 0.15) is 49.3 Å². The van der Waals surface area contributed by atoms with Crippen molar-refractivity contribution in [3.8, 4) is 0 Å². The molecule has 0 radical (unpaired) electrons. The van der Waals surface area contributed by atoms with Crippen molar-refractivity contribution in [3.05, 3.63) is 180 Å². The number of unbranched alkanes of at least 4 members (excludes halogenated alkanes) is 3. The summed E-state index contributed by atoms with van der Waals surface area (Å²) in [7, 11) is -0.0146. The maximum absolute atomic E-state index is 13.7. The zero-order valence-electron chi connectivity index (χ0n) is 30.5. The van der Waals surface area contributed by atoms with Crippen LogP contribution in [-0.4, -0.2) is 6.15 Å². The molecule has 0 nitrogen and oxygen atoms in total. The van der Waals surface area contributed by atoms with Crippen molar-refractivity contribution in [2.45, 2.75) is 72.1 Å². The van der Waals surface area contributed by atoms with E-state index in [1.54, 1.807) is 0 Å². The third kappa shape index (κ3) is 10.5. The topological polar surface area (TPSA) is 0 Å². The molecule has 6 aromatic rings. The van der Waals surface area contributed by atoms with Crippen LogP contribution >= 0.6 is 0 Å². The van der Waals surface area contributed by atoms with Crippen molar-refractivity contribution < 1.29 is 39.5 Å². The molecule has 0 saturated heterocycles. The summed E-state index contributed by atoms with van der Waals surface area (Å²) in [6.45, 7) is 1.94. The van der Waals surface area contributed by atoms with Gasteiger partial charge in [0, 0.05) is 0 Å². The van der Waals surface area contributed by atoms with Gasteiger partial charge in [0.05, 0.1) is 33.7 Å². The van der Waals surface area contributed by atoms with E-state index in [0.29, 0.717) is 12.8 Å². The van der Waals surface area contributed by atoms with Gasteiger partial charge in [-0.1, -0.05) is 160 Å². The fourth-order valence-electron chi connectivity index (χ4n) is 7.10. The van der Waals surface area contributed by atoms with E-state index in [1.165, 1.54) is 32.9 Å². The Morgan fingerprint density at radius 2 is 0.714 bits per heavy atom. The first-order valence-corrected chi connectivity index (χ1v) is 19.5. The molecular formula is C45H40BF9S. The van der Waals surface area contributed by atoms with Gasteiger partial charge in [-0.2, -0.15) is 62.2 Å². The van der Waals surface area contributed by atoms with Gasteiger partial charge in [-0.05, 0) is 36.4 Å². The second-order valence-electron chi connectivity index (χ2n) is 13.5. The highest BCUT2D eigenvalue weighted by Gasteiger charge is 2.38. The minimum absolute atomic E-state index is 0.0146. The Morgan fingerprint density at radius 1 is 0.393 bits per heavy atom. The number of benzene rings is 6. The van der Waals surface area contributed by atoms with Crippen LogP contribution in [0.2, 0.25) is 6.32 Å². The number of rotatable bonds is 11. The lowest BCUT2D eigenvalue weighted by Crippen LogP contribution is -2.67. The van der Waals surface area contributed by atoms with Crippen LogP contribution in [0.4, 0.5) is 39.5 Å². The molecule has 0 unspecified atom stereocenters. The van der Waals surface area contributed by atoms with Gasteiger partial charge in [-0.3, -0.25) is 0 Å². The van der Waals surface area contributed by atoms with E-state index in [0.717, 1.165) is 67.4 Å². The summed E-state index contributed by atoms with van der Waals surface area (Å²) >= 11 is 0. The second kappa shape index (κ2) is 18.4. The normalized spacial score (nSPS) is 12.3. The molecular weight excluding hydrogens is 754 g/mol. The standard InChI is InChI=1S/C27H25BF9.C18H15S/c1-2-3-4-5-15-28(22-12-6-9-19(16-22)25(29,30)31,23-13-7-10-20(17-23)26(32,33)34)24-14-8-11-21(18-24)27(35,36)37;1-4-10-16(11-5-1)19(17-12-6-2-7-13-17)18-14-8-3-9-15-18/h6-14,16-18H,2-5,15H2,1H3;1-15H/q-1;+1. The lowest BCUT2D eigenvalue weighted by atomic mass is 9.14. The van der Waals surface area contributed by atoms with Gasteiger partial charge in [0.25, 0.3) is 0 Å². The molecule has 0 aliphatic carbocycles. The molecule has 0 aromatic heterocycles. The maximum Gasteiger partial charge on any atom is 0.416 e. The van der Waals surface area contributed by atoms with Crippen LogP contribution in [0.15, 0.2) is 178 Å².